The molecule has 2 heterocycles. The number of carbonyl (C=O) groups is 3. The van der Waals surface area contributed by atoms with Gasteiger partial charge in [0, 0.05) is 11.6 Å². The summed E-state index contributed by atoms with van der Waals surface area (Å²) in [7, 11) is 0. The number of nitrogens with zero attached hydrogens (tertiary/aromatic N) is 1. The topological polar surface area (TPSA) is 97.1 Å². The van der Waals surface area contributed by atoms with Gasteiger partial charge in [0.15, 0.2) is 0 Å². The monoisotopic (exact) mass is 449 g/mol. The smallest absolute Gasteiger partial charge is 0.335 e. The van der Waals surface area contributed by atoms with Gasteiger partial charge in [-0.3, -0.25) is 14.5 Å². The molecule has 1 aliphatic heterocycles. The molecule has 0 radical (unpaired) electrons. The van der Waals surface area contributed by atoms with Crippen molar-refractivity contribution in [1.29, 1.82) is 0 Å². The van der Waals surface area contributed by atoms with Crippen molar-refractivity contribution in [2.75, 3.05) is 13.2 Å². The maximum atomic E-state index is 12.7. The number of aryl methyl sites for hydroxylation is 1. The van der Waals surface area contributed by atoms with Crippen LogP contribution in [0.3, 0.4) is 0 Å². The lowest BCUT2D eigenvalue weighted by Gasteiger charge is -2.13. The number of furan rings is 1. The molecular formula is C24H19NO6S. The Morgan fingerprint density at radius 3 is 2.62 bits per heavy atom. The Hall–Kier alpha value is -3.78. The third kappa shape index (κ3) is 4.76. The molecular weight excluding hydrogens is 430 g/mol. The highest BCUT2D eigenvalue weighted by Gasteiger charge is 2.35. The van der Waals surface area contributed by atoms with Crippen LogP contribution in [0.4, 0.5) is 4.79 Å². The van der Waals surface area contributed by atoms with E-state index in [2.05, 4.69) is 0 Å². The quantitative estimate of drug-likeness (QED) is 0.503. The fourth-order valence-corrected chi connectivity index (χ4v) is 3.99. The van der Waals surface area contributed by atoms with Crippen molar-refractivity contribution in [2.24, 2.45) is 0 Å². The van der Waals surface area contributed by atoms with Crippen LogP contribution >= 0.6 is 11.8 Å². The van der Waals surface area contributed by atoms with E-state index in [1.807, 2.05) is 31.2 Å². The SMILES string of the molecule is Cc1cccc(OCCN2C(=O)S/C(=C\c3ccc(-c4ccc(C(=O)O)cc4)o3)C2=O)c1. The first-order chi connectivity index (χ1) is 15.4. The molecule has 0 bridgehead atoms. The van der Waals surface area contributed by atoms with Gasteiger partial charge in [0.1, 0.15) is 23.9 Å². The first-order valence-corrected chi connectivity index (χ1v) is 10.6. The summed E-state index contributed by atoms with van der Waals surface area (Å²) in [6, 6.07) is 17.2. The van der Waals surface area contributed by atoms with Crippen LogP contribution in [-0.2, 0) is 4.79 Å². The number of benzene rings is 2. The Morgan fingerprint density at radius 2 is 1.91 bits per heavy atom. The van der Waals surface area contributed by atoms with Crippen LogP contribution < -0.4 is 4.74 Å². The number of thioether (sulfide) groups is 1. The van der Waals surface area contributed by atoms with Crippen LogP contribution in [0.5, 0.6) is 5.75 Å². The standard InChI is InChI=1S/C24H19NO6S/c1-15-3-2-4-18(13-15)30-12-11-25-22(26)21(32-24(25)29)14-19-9-10-20(31-19)16-5-7-17(8-6-16)23(27)28/h2-10,13-14H,11-12H2,1H3,(H,27,28)/b21-14-. The van der Waals surface area contributed by atoms with Gasteiger partial charge in [-0.15, -0.1) is 0 Å². The number of ether oxygens (including phenoxy) is 1. The summed E-state index contributed by atoms with van der Waals surface area (Å²) in [6.07, 6.45) is 1.53. The molecule has 4 rings (SSSR count). The second-order valence-corrected chi connectivity index (χ2v) is 8.08. The molecule has 7 nitrogen and oxygen atoms in total. The zero-order chi connectivity index (χ0) is 22.7. The van der Waals surface area contributed by atoms with Crippen LogP contribution in [0, 0.1) is 6.92 Å². The van der Waals surface area contributed by atoms with Crippen molar-refractivity contribution in [2.45, 2.75) is 6.92 Å². The van der Waals surface area contributed by atoms with Crippen molar-refractivity contribution < 1.29 is 28.6 Å². The van der Waals surface area contributed by atoms with E-state index in [0.29, 0.717) is 22.8 Å². The largest absolute Gasteiger partial charge is 0.492 e. The number of hydrogen-bond acceptors (Lipinski definition) is 6. The highest BCUT2D eigenvalue weighted by atomic mass is 32.2. The van der Waals surface area contributed by atoms with E-state index < -0.39 is 11.9 Å². The fraction of sp³-hybridized carbons (Fsp3) is 0.125. The molecule has 8 heteroatoms. The Kier molecular flexibility index (Phi) is 6.13. The molecule has 2 aromatic carbocycles. The van der Waals surface area contributed by atoms with Crippen molar-refractivity contribution >= 4 is 35.0 Å². The number of hydrogen-bond donors (Lipinski definition) is 1. The van der Waals surface area contributed by atoms with Gasteiger partial charge in [0.2, 0.25) is 0 Å². The maximum absolute atomic E-state index is 12.7. The van der Waals surface area contributed by atoms with Gasteiger partial charge in [0.05, 0.1) is 17.0 Å². The first kappa shape index (κ1) is 21.5. The van der Waals surface area contributed by atoms with Crippen molar-refractivity contribution in [3.05, 3.63) is 82.5 Å². The molecule has 0 saturated carbocycles. The van der Waals surface area contributed by atoms with Crippen molar-refractivity contribution in [3.63, 3.8) is 0 Å². The van der Waals surface area contributed by atoms with Crippen molar-refractivity contribution in [1.82, 2.24) is 4.90 Å². The van der Waals surface area contributed by atoms with E-state index in [9.17, 15) is 14.4 Å². The van der Waals surface area contributed by atoms with Crippen LogP contribution in [0.2, 0.25) is 0 Å². The normalized spacial score (nSPS) is 14.9. The molecule has 3 aromatic rings. The fourth-order valence-electron chi connectivity index (χ4n) is 3.14. The summed E-state index contributed by atoms with van der Waals surface area (Å²) in [5, 5.41) is 8.64. The number of amides is 2. The van der Waals surface area contributed by atoms with Gasteiger partial charge in [-0.1, -0.05) is 24.3 Å². The molecule has 1 N–H and O–H groups in total. The zero-order valence-corrected chi connectivity index (χ0v) is 17.9. The molecule has 0 atom stereocenters. The molecule has 1 aromatic heterocycles. The minimum absolute atomic E-state index is 0.148. The summed E-state index contributed by atoms with van der Waals surface area (Å²) < 4.78 is 11.4. The molecule has 162 valence electrons. The Labute approximate surface area is 188 Å². The molecule has 0 unspecified atom stereocenters. The highest BCUT2D eigenvalue weighted by molar-refractivity contribution is 8.18. The number of rotatable bonds is 7. The number of aromatic carboxylic acids is 1. The zero-order valence-electron chi connectivity index (χ0n) is 17.1. The molecule has 0 spiro atoms. The lowest BCUT2D eigenvalue weighted by molar-refractivity contribution is -0.123. The molecule has 1 saturated heterocycles. The molecule has 2 amide bonds. The van der Waals surface area contributed by atoms with E-state index in [4.69, 9.17) is 14.3 Å². The summed E-state index contributed by atoms with van der Waals surface area (Å²) in [5.41, 5.74) is 1.95. The molecule has 32 heavy (non-hydrogen) atoms. The number of carbonyl (C=O) groups excluding carboxylic acids is 2. The van der Waals surface area contributed by atoms with Gasteiger partial charge in [-0.05, 0) is 60.6 Å². The third-order valence-corrected chi connectivity index (χ3v) is 5.67. The predicted molar refractivity (Wildman–Crippen MR) is 120 cm³/mol. The molecule has 1 fully saturated rings. The van der Waals surface area contributed by atoms with Gasteiger partial charge in [-0.2, -0.15) is 0 Å². The Bertz CT molecular complexity index is 1210. The van der Waals surface area contributed by atoms with Crippen LogP contribution in [0.1, 0.15) is 21.7 Å². The average molecular weight is 449 g/mol. The molecule has 0 aliphatic carbocycles. The number of carboxylic acids is 1. The van der Waals surface area contributed by atoms with Crippen LogP contribution in [-0.4, -0.2) is 40.3 Å². The summed E-state index contributed by atoms with van der Waals surface area (Å²) in [4.78, 5) is 37.3. The van der Waals surface area contributed by atoms with E-state index in [1.54, 1.807) is 24.3 Å². The summed E-state index contributed by atoms with van der Waals surface area (Å²) >= 11 is 0.853. The van der Waals surface area contributed by atoms with Gasteiger partial charge in [0.25, 0.3) is 11.1 Å². The number of imide groups is 1. The lowest BCUT2D eigenvalue weighted by Crippen LogP contribution is -2.32. The highest BCUT2D eigenvalue weighted by Crippen LogP contribution is 2.33. The Morgan fingerprint density at radius 1 is 1.12 bits per heavy atom. The minimum Gasteiger partial charge on any atom is -0.492 e. The van der Waals surface area contributed by atoms with E-state index in [1.165, 1.54) is 18.2 Å². The maximum Gasteiger partial charge on any atom is 0.335 e. The van der Waals surface area contributed by atoms with Gasteiger partial charge in [-0.25, -0.2) is 4.79 Å². The van der Waals surface area contributed by atoms with Crippen LogP contribution in [0.15, 0.2) is 70.0 Å². The van der Waals surface area contributed by atoms with Gasteiger partial charge >= 0.3 is 5.97 Å². The Balaban J connectivity index is 1.41. The number of carboxylic acid groups (broad SMARTS) is 1. The lowest BCUT2D eigenvalue weighted by atomic mass is 10.1. The third-order valence-electron chi connectivity index (χ3n) is 4.76. The second kappa shape index (κ2) is 9.15. The van der Waals surface area contributed by atoms with Crippen LogP contribution in [0.25, 0.3) is 17.4 Å². The average Bonchev–Trinajstić information content (AvgIpc) is 3.34. The van der Waals surface area contributed by atoms with E-state index >= 15 is 0 Å². The second-order valence-electron chi connectivity index (χ2n) is 7.08. The van der Waals surface area contributed by atoms with E-state index in [0.717, 1.165) is 22.2 Å². The first-order valence-electron chi connectivity index (χ1n) is 9.79. The van der Waals surface area contributed by atoms with E-state index in [-0.39, 0.29) is 28.9 Å². The summed E-state index contributed by atoms with van der Waals surface area (Å²) in [6.45, 7) is 2.31. The predicted octanol–water partition coefficient (Wildman–Crippen LogP) is 5.07. The van der Waals surface area contributed by atoms with Crippen molar-refractivity contribution in [3.8, 4) is 17.1 Å². The summed E-state index contributed by atoms with van der Waals surface area (Å²) in [5.74, 6) is 0.239. The molecule has 1 aliphatic rings. The van der Waals surface area contributed by atoms with Gasteiger partial charge < -0.3 is 14.3 Å². The minimum atomic E-state index is -1.00.